The molecule has 5 aromatic rings. The minimum Gasteiger partial charge on any atom is -0.378 e. The smallest absolute Gasteiger partial charge is 0.159 e. The van der Waals surface area contributed by atoms with E-state index < -0.39 is 0 Å². The molecule has 7 nitrogen and oxygen atoms in total. The Kier molecular flexibility index (Phi) is 5.70. The van der Waals surface area contributed by atoms with Crippen LogP contribution in [-0.4, -0.2) is 49.1 Å². The van der Waals surface area contributed by atoms with Crippen molar-refractivity contribution in [3.05, 3.63) is 90.8 Å². The number of nitrogens with one attached hydrogen (secondary N) is 2. The van der Waals surface area contributed by atoms with E-state index in [1.165, 1.54) is 0 Å². The van der Waals surface area contributed by atoms with Crippen LogP contribution in [0, 0.1) is 5.82 Å². The maximum Gasteiger partial charge on any atom is 0.159 e. The first-order valence-corrected chi connectivity index (χ1v) is 11.1. The summed E-state index contributed by atoms with van der Waals surface area (Å²) in [4.78, 5) is 18.6. The van der Waals surface area contributed by atoms with Gasteiger partial charge in [0.15, 0.2) is 5.82 Å². The number of benzene rings is 1. The van der Waals surface area contributed by atoms with Gasteiger partial charge in [-0.2, -0.15) is 5.10 Å². The molecule has 1 aromatic carbocycles. The van der Waals surface area contributed by atoms with Crippen LogP contribution in [0.1, 0.15) is 12.5 Å². The molecule has 0 bridgehead atoms. The van der Waals surface area contributed by atoms with Crippen molar-refractivity contribution in [2.45, 2.75) is 6.92 Å². The van der Waals surface area contributed by atoms with Gasteiger partial charge in [0, 0.05) is 49.5 Å². The lowest BCUT2D eigenvalue weighted by Crippen LogP contribution is -2.09. The molecule has 0 saturated carbocycles. The summed E-state index contributed by atoms with van der Waals surface area (Å²) >= 11 is 0. The molecule has 0 atom stereocenters. The Morgan fingerprint density at radius 3 is 2.54 bits per heavy atom. The van der Waals surface area contributed by atoms with Gasteiger partial charge in [0.05, 0.1) is 22.1 Å². The molecule has 35 heavy (non-hydrogen) atoms. The zero-order chi connectivity index (χ0) is 24.5. The SMILES string of the molecule is C=C/C(=C\C(=C/C)c1ccc2[nH]nc(-c3nc4c(-c5ccncc5)nccc4[nH]3)c2c1F)N(C)C. The lowest BCUT2D eigenvalue weighted by atomic mass is 10.0. The second-order valence-corrected chi connectivity index (χ2v) is 8.21. The fourth-order valence-corrected chi connectivity index (χ4v) is 4.08. The van der Waals surface area contributed by atoms with Gasteiger partial charge in [0.1, 0.15) is 17.0 Å². The van der Waals surface area contributed by atoms with Crippen LogP contribution in [0.4, 0.5) is 4.39 Å². The molecule has 0 fully saturated rings. The molecule has 4 aromatic heterocycles. The molecule has 0 saturated heterocycles. The number of halogens is 1. The van der Waals surface area contributed by atoms with Crippen molar-refractivity contribution in [3.8, 4) is 22.8 Å². The van der Waals surface area contributed by atoms with Gasteiger partial charge in [0.2, 0.25) is 0 Å². The molecule has 0 aliphatic heterocycles. The highest BCUT2D eigenvalue weighted by Crippen LogP contribution is 2.34. The minimum atomic E-state index is -0.370. The molecule has 8 heteroatoms. The Bertz CT molecular complexity index is 1610. The molecular formula is C27H24FN7. The maximum atomic E-state index is 16.0. The Labute approximate surface area is 201 Å². The first kappa shape index (κ1) is 22.2. The molecule has 2 N–H and O–H groups in total. The summed E-state index contributed by atoms with van der Waals surface area (Å²) in [7, 11) is 3.84. The molecule has 5 rings (SSSR count). The van der Waals surface area contributed by atoms with E-state index in [1.807, 2.05) is 62.3 Å². The molecule has 0 amide bonds. The second kappa shape index (κ2) is 8.98. The summed E-state index contributed by atoms with van der Waals surface area (Å²) in [6.45, 7) is 5.75. The zero-order valence-electron chi connectivity index (χ0n) is 19.7. The third-order valence-electron chi connectivity index (χ3n) is 5.90. The lowest BCUT2D eigenvalue weighted by Gasteiger charge is -2.15. The minimum absolute atomic E-state index is 0.370. The average molecular weight is 466 g/mol. The van der Waals surface area contributed by atoms with E-state index in [2.05, 4.69) is 31.7 Å². The monoisotopic (exact) mass is 465 g/mol. The van der Waals surface area contributed by atoms with Crippen LogP contribution in [0.5, 0.6) is 0 Å². The number of pyridine rings is 2. The zero-order valence-corrected chi connectivity index (χ0v) is 19.7. The van der Waals surface area contributed by atoms with Gasteiger partial charge in [-0.05, 0) is 55.0 Å². The summed E-state index contributed by atoms with van der Waals surface area (Å²) in [5.74, 6) is 0.0916. The second-order valence-electron chi connectivity index (χ2n) is 8.21. The largest absolute Gasteiger partial charge is 0.378 e. The van der Waals surface area contributed by atoms with Gasteiger partial charge in [0.25, 0.3) is 0 Å². The van der Waals surface area contributed by atoms with Crippen molar-refractivity contribution >= 4 is 27.5 Å². The predicted molar refractivity (Wildman–Crippen MR) is 138 cm³/mol. The van der Waals surface area contributed by atoms with Crippen molar-refractivity contribution in [1.82, 2.24) is 35.0 Å². The summed E-state index contributed by atoms with van der Waals surface area (Å²) in [6, 6.07) is 9.18. The van der Waals surface area contributed by atoms with Gasteiger partial charge in [-0.15, -0.1) is 0 Å². The molecule has 0 spiro atoms. The molecular weight excluding hydrogens is 441 g/mol. The quantitative estimate of drug-likeness (QED) is 0.313. The van der Waals surface area contributed by atoms with Crippen LogP contribution in [0.3, 0.4) is 0 Å². The number of H-pyrrole nitrogens is 2. The van der Waals surface area contributed by atoms with Crippen LogP contribution in [0.2, 0.25) is 0 Å². The van der Waals surface area contributed by atoms with E-state index in [-0.39, 0.29) is 5.82 Å². The van der Waals surface area contributed by atoms with E-state index in [0.29, 0.717) is 33.5 Å². The number of nitrogens with zero attached hydrogens (tertiary/aromatic N) is 5. The molecule has 0 aliphatic carbocycles. The predicted octanol–water partition coefficient (Wildman–Crippen LogP) is 5.74. The van der Waals surface area contributed by atoms with E-state index in [4.69, 9.17) is 4.98 Å². The maximum absolute atomic E-state index is 16.0. The first-order valence-electron chi connectivity index (χ1n) is 11.1. The number of likely N-dealkylation sites (N-methyl/N-ethyl adjacent to an activating group) is 1. The Balaban J connectivity index is 1.67. The topological polar surface area (TPSA) is 86.4 Å². The van der Waals surface area contributed by atoms with Gasteiger partial charge in [-0.1, -0.05) is 12.7 Å². The van der Waals surface area contributed by atoms with Gasteiger partial charge >= 0.3 is 0 Å². The third kappa shape index (κ3) is 3.89. The van der Waals surface area contributed by atoms with Crippen LogP contribution >= 0.6 is 0 Å². The first-order chi connectivity index (χ1) is 17.0. The van der Waals surface area contributed by atoms with Crippen LogP contribution in [0.25, 0.3) is 50.3 Å². The molecule has 0 aliphatic rings. The summed E-state index contributed by atoms with van der Waals surface area (Å²) < 4.78 is 16.0. The highest BCUT2D eigenvalue weighted by Gasteiger charge is 2.20. The fraction of sp³-hybridized carbons (Fsp3) is 0.111. The number of allylic oxidation sites excluding steroid dienone is 4. The summed E-state index contributed by atoms with van der Waals surface area (Å²) in [6.07, 6.45) is 10.7. The van der Waals surface area contributed by atoms with E-state index in [1.54, 1.807) is 30.7 Å². The number of rotatable bonds is 6. The Morgan fingerprint density at radius 2 is 1.83 bits per heavy atom. The van der Waals surface area contributed by atoms with Crippen molar-refractivity contribution in [3.63, 3.8) is 0 Å². The number of aromatic nitrogens is 6. The van der Waals surface area contributed by atoms with Gasteiger partial charge in [-0.3, -0.25) is 15.1 Å². The number of imidazole rings is 1. The standard InChI is InChI=1S/C27H24FN7/c1-5-16(15-18(6-2)35(3)4)19-7-8-20-22(23(19)28)26(34-33-20)27-31-21-11-14-30-24(25(21)32-27)17-9-12-29-13-10-17/h5-15H,2H2,1,3-4H3,(H,31,32)(H,33,34)/b16-5+,18-15+. The van der Waals surface area contributed by atoms with E-state index in [9.17, 15) is 0 Å². The number of aromatic amines is 2. The number of fused-ring (bicyclic) bond motifs is 2. The highest BCUT2D eigenvalue weighted by atomic mass is 19.1. The van der Waals surface area contributed by atoms with Crippen LogP contribution in [0.15, 0.2) is 79.4 Å². The van der Waals surface area contributed by atoms with E-state index in [0.717, 1.165) is 28.0 Å². The van der Waals surface area contributed by atoms with Crippen molar-refractivity contribution in [2.24, 2.45) is 0 Å². The van der Waals surface area contributed by atoms with Gasteiger partial charge in [-0.25, -0.2) is 9.37 Å². The Morgan fingerprint density at radius 1 is 1.03 bits per heavy atom. The lowest BCUT2D eigenvalue weighted by molar-refractivity contribution is 0.530. The Hall–Kier alpha value is -4.59. The van der Waals surface area contributed by atoms with Crippen LogP contribution in [-0.2, 0) is 0 Å². The summed E-state index contributed by atoms with van der Waals surface area (Å²) in [5.41, 5.74) is 6.17. The molecule has 4 heterocycles. The third-order valence-corrected chi connectivity index (χ3v) is 5.90. The summed E-state index contributed by atoms with van der Waals surface area (Å²) in [5, 5.41) is 7.72. The number of hydrogen-bond acceptors (Lipinski definition) is 5. The average Bonchev–Trinajstić information content (AvgIpc) is 3.50. The fourth-order valence-electron chi connectivity index (χ4n) is 4.08. The van der Waals surface area contributed by atoms with E-state index >= 15 is 4.39 Å². The highest BCUT2D eigenvalue weighted by molar-refractivity contribution is 5.98. The molecule has 174 valence electrons. The molecule has 0 radical (unpaired) electrons. The van der Waals surface area contributed by atoms with Crippen LogP contribution < -0.4 is 0 Å². The molecule has 0 unspecified atom stereocenters. The normalized spacial score (nSPS) is 12.5. The van der Waals surface area contributed by atoms with Crippen molar-refractivity contribution < 1.29 is 4.39 Å². The van der Waals surface area contributed by atoms with Gasteiger partial charge < -0.3 is 9.88 Å². The van der Waals surface area contributed by atoms with Crippen molar-refractivity contribution in [2.75, 3.05) is 14.1 Å². The van der Waals surface area contributed by atoms with Crippen molar-refractivity contribution in [1.29, 1.82) is 0 Å². The number of hydrogen-bond donors (Lipinski definition) is 2.